The van der Waals surface area contributed by atoms with E-state index in [1.807, 2.05) is 6.07 Å². The van der Waals surface area contributed by atoms with Crippen molar-refractivity contribution in [2.75, 3.05) is 7.05 Å². The largest absolute Gasteiger partial charge is 0.344 e. The zero-order valence-corrected chi connectivity index (χ0v) is 9.84. The number of quaternary nitrogens is 1. The van der Waals surface area contributed by atoms with Crippen molar-refractivity contribution in [2.45, 2.75) is 13.5 Å². The van der Waals surface area contributed by atoms with Crippen molar-refractivity contribution < 1.29 is 5.32 Å². The molecule has 0 atom stereocenters. The lowest BCUT2D eigenvalue weighted by Gasteiger charge is -1.92. The van der Waals surface area contributed by atoms with Gasteiger partial charge in [-0.15, -0.1) is 11.3 Å². The van der Waals surface area contributed by atoms with Crippen LogP contribution in [0.2, 0.25) is 0 Å². The third kappa shape index (κ3) is 2.25. The van der Waals surface area contributed by atoms with E-state index < -0.39 is 0 Å². The van der Waals surface area contributed by atoms with Crippen LogP contribution in [0.3, 0.4) is 0 Å². The highest BCUT2D eigenvalue weighted by Gasteiger charge is 2.09. The van der Waals surface area contributed by atoms with E-state index in [2.05, 4.69) is 48.5 Å². The summed E-state index contributed by atoms with van der Waals surface area (Å²) in [7, 11) is 2.08. The molecule has 0 fully saturated rings. The average molecular weight is 219 g/mol. The van der Waals surface area contributed by atoms with Gasteiger partial charge in [0.2, 0.25) is 0 Å². The molecule has 0 saturated carbocycles. The molecular weight excluding hydrogens is 204 g/mol. The Morgan fingerprint density at radius 1 is 1.27 bits per heavy atom. The fraction of sp³-hybridized carbons (Fsp3) is 0.250. The first-order chi connectivity index (χ1) is 7.31. The second-order valence-corrected chi connectivity index (χ2v) is 4.59. The highest BCUT2D eigenvalue weighted by atomic mass is 32.1. The number of nitrogens with zero attached hydrogens (tertiary/aromatic N) is 1. The summed E-state index contributed by atoms with van der Waals surface area (Å²) < 4.78 is 0. The minimum absolute atomic E-state index is 1.02. The lowest BCUT2D eigenvalue weighted by molar-refractivity contribution is -0.642. The van der Waals surface area contributed by atoms with Gasteiger partial charge in [-0.05, 0) is 6.92 Å². The molecule has 2 rings (SSSR count). The first-order valence-electron chi connectivity index (χ1n) is 5.11. The SMILES string of the molecule is C[NH2+]Cc1sc(-c2ccccc2)nc1C. The Balaban J connectivity index is 2.34. The molecule has 1 aromatic carbocycles. The van der Waals surface area contributed by atoms with E-state index in [1.54, 1.807) is 11.3 Å². The molecule has 0 aliphatic rings. The average Bonchev–Trinajstić information content (AvgIpc) is 2.63. The zero-order valence-electron chi connectivity index (χ0n) is 9.03. The molecule has 15 heavy (non-hydrogen) atoms. The van der Waals surface area contributed by atoms with Gasteiger partial charge in [-0.1, -0.05) is 30.3 Å². The maximum Gasteiger partial charge on any atom is 0.124 e. The Bertz CT molecular complexity index is 434. The minimum atomic E-state index is 1.02. The van der Waals surface area contributed by atoms with Crippen LogP contribution in [0.1, 0.15) is 10.6 Å². The van der Waals surface area contributed by atoms with Gasteiger partial charge in [-0.25, -0.2) is 4.98 Å². The van der Waals surface area contributed by atoms with Crippen molar-refractivity contribution in [3.63, 3.8) is 0 Å². The Hall–Kier alpha value is -1.19. The van der Waals surface area contributed by atoms with Crippen LogP contribution < -0.4 is 5.32 Å². The molecular formula is C12H15N2S+. The van der Waals surface area contributed by atoms with E-state index >= 15 is 0 Å². The molecule has 0 bridgehead atoms. The van der Waals surface area contributed by atoms with E-state index in [-0.39, 0.29) is 0 Å². The van der Waals surface area contributed by atoms with Gasteiger partial charge in [0.15, 0.2) is 0 Å². The second kappa shape index (κ2) is 4.55. The van der Waals surface area contributed by atoms with Crippen LogP contribution in [-0.4, -0.2) is 12.0 Å². The van der Waals surface area contributed by atoms with Gasteiger partial charge in [0.05, 0.1) is 17.6 Å². The Morgan fingerprint density at radius 2 is 2.00 bits per heavy atom. The molecule has 0 aliphatic heterocycles. The van der Waals surface area contributed by atoms with Crippen LogP contribution in [-0.2, 0) is 6.54 Å². The number of nitrogens with two attached hydrogens (primary N) is 1. The topological polar surface area (TPSA) is 29.5 Å². The normalized spacial score (nSPS) is 10.5. The molecule has 0 saturated heterocycles. The van der Waals surface area contributed by atoms with E-state index in [0.29, 0.717) is 0 Å². The second-order valence-electron chi connectivity index (χ2n) is 3.51. The van der Waals surface area contributed by atoms with Crippen LogP contribution in [0.4, 0.5) is 0 Å². The van der Waals surface area contributed by atoms with E-state index in [1.165, 1.54) is 10.4 Å². The summed E-state index contributed by atoms with van der Waals surface area (Å²) in [6.45, 7) is 3.11. The zero-order chi connectivity index (χ0) is 10.7. The summed E-state index contributed by atoms with van der Waals surface area (Å²) in [6.07, 6.45) is 0. The number of aromatic nitrogens is 1. The van der Waals surface area contributed by atoms with Crippen LogP contribution in [0.25, 0.3) is 10.6 Å². The number of hydrogen-bond acceptors (Lipinski definition) is 2. The van der Waals surface area contributed by atoms with Gasteiger partial charge in [-0.3, -0.25) is 0 Å². The predicted octanol–water partition coefficient (Wildman–Crippen LogP) is 1.81. The van der Waals surface area contributed by atoms with E-state index in [0.717, 1.165) is 17.2 Å². The summed E-state index contributed by atoms with van der Waals surface area (Å²) in [5, 5.41) is 3.31. The quantitative estimate of drug-likeness (QED) is 0.838. The molecule has 0 aliphatic carbocycles. The van der Waals surface area contributed by atoms with Crippen molar-refractivity contribution in [3.05, 3.63) is 40.9 Å². The highest BCUT2D eigenvalue weighted by Crippen LogP contribution is 2.26. The molecule has 1 aromatic heterocycles. The molecule has 2 N–H and O–H groups in total. The smallest absolute Gasteiger partial charge is 0.124 e. The Kier molecular flexibility index (Phi) is 3.14. The van der Waals surface area contributed by atoms with E-state index in [9.17, 15) is 0 Å². The number of hydrogen-bond donors (Lipinski definition) is 1. The lowest BCUT2D eigenvalue weighted by Crippen LogP contribution is -2.77. The summed E-state index contributed by atoms with van der Waals surface area (Å²) in [5.41, 5.74) is 2.38. The predicted molar refractivity (Wildman–Crippen MR) is 63.8 cm³/mol. The van der Waals surface area contributed by atoms with Crippen LogP contribution in [0.5, 0.6) is 0 Å². The Labute approximate surface area is 94.0 Å². The number of rotatable bonds is 3. The number of benzene rings is 1. The van der Waals surface area contributed by atoms with Crippen LogP contribution in [0, 0.1) is 6.92 Å². The Morgan fingerprint density at radius 3 is 2.67 bits per heavy atom. The molecule has 2 aromatic rings. The van der Waals surface area contributed by atoms with Crippen molar-refractivity contribution in [1.29, 1.82) is 0 Å². The first kappa shape index (κ1) is 10.3. The third-order valence-electron chi connectivity index (χ3n) is 2.30. The maximum absolute atomic E-state index is 4.60. The van der Waals surface area contributed by atoms with Gasteiger partial charge in [0.25, 0.3) is 0 Å². The van der Waals surface area contributed by atoms with Crippen molar-refractivity contribution in [1.82, 2.24) is 4.98 Å². The fourth-order valence-corrected chi connectivity index (χ4v) is 2.62. The molecule has 0 unspecified atom stereocenters. The third-order valence-corrected chi connectivity index (χ3v) is 3.53. The maximum atomic E-state index is 4.60. The summed E-state index contributed by atoms with van der Waals surface area (Å²) in [5.74, 6) is 0. The van der Waals surface area contributed by atoms with Gasteiger partial charge in [0.1, 0.15) is 11.6 Å². The monoisotopic (exact) mass is 219 g/mol. The van der Waals surface area contributed by atoms with Gasteiger partial charge >= 0.3 is 0 Å². The van der Waals surface area contributed by atoms with Crippen LogP contribution >= 0.6 is 11.3 Å². The van der Waals surface area contributed by atoms with Crippen molar-refractivity contribution >= 4 is 11.3 Å². The minimum Gasteiger partial charge on any atom is -0.344 e. The van der Waals surface area contributed by atoms with Gasteiger partial charge < -0.3 is 5.32 Å². The lowest BCUT2D eigenvalue weighted by atomic mass is 10.2. The van der Waals surface area contributed by atoms with Crippen molar-refractivity contribution in [3.8, 4) is 10.6 Å². The number of aryl methyl sites for hydroxylation is 1. The highest BCUT2D eigenvalue weighted by molar-refractivity contribution is 7.15. The molecule has 0 amide bonds. The number of thiazole rings is 1. The standard InChI is InChI=1S/C12H14N2S/c1-9-11(8-13-2)15-12(14-9)10-6-4-3-5-7-10/h3-7,13H,8H2,1-2H3/p+1. The molecule has 2 nitrogen and oxygen atoms in total. The fourth-order valence-electron chi connectivity index (χ4n) is 1.51. The van der Waals surface area contributed by atoms with Crippen LogP contribution in [0.15, 0.2) is 30.3 Å². The first-order valence-corrected chi connectivity index (χ1v) is 5.92. The van der Waals surface area contributed by atoms with Gasteiger partial charge in [-0.2, -0.15) is 0 Å². The molecule has 0 spiro atoms. The molecule has 0 radical (unpaired) electrons. The summed E-state index contributed by atoms with van der Waals surface area (Å²) in [6, 6.07) is 10.4. The van der Waals surface area contributed by atoms with Gasteiger partial charge in [0, 0.05) is 5.56 Å². The van der Waals surface area contributed by atoms with Crippen molar-refractivity contribution in [2.24, 2.45) is 0 Å². The summed E-state index contributed by atoms with van der Waals surface area (Å²) >= 11 is 1.79. The van der Waals surface area contributed by atoms with E-state index in [4.69, 9.17) is 0 Å². The molecule has 78 valence electrons. The molecule has 1 heterocycles. The molecule has 3 heteroatoms. The summed E-state index contributed by atoms with van der Waals surface area (Å²) in [4.78, 5) is 5.97.